The van der Waals surface area contributed by atoms with Gasteiger partial charge in [0.15, 0.2) is 11.6 Å². The van der Waals surface area contributed by atoms with Gasteiger partial charge in [-0.1, -0.05) is 0 Å². The van der Waals surface area contributed by atoms with Gasteiger partial charge in [0.2, 0.25) is 11.7 Å². The van der Waals surface area contributed by atoms with E-state index in [1.807, 2.05) is 13.8 Å². The molecule has 1 atom stereocenters. The molecule has 0 saturated heterocycles. The number of carbonyl (C=O) groups excluding carboxylic acids is 1. The maximum Gasteiger partial charge on any atom is 0.242 e. The van der Waals surface area contributed by atoms with Crippen LogP contribution in [0, 0.1) is 0 Å². The molecule has 0 saturated carbocycles. The van der Waals surface area contributed by atoms with Crippen LogP contribution < -0.4 is 20.7 Å². The molecular weight excluding hydrogens is 246 g/mol. The van der Waals surface area contributed by atoms with Gasteiger partial charge < -0.3 is 20.7 Å². The normalized spacial score (nSPS) is 11.9. The molecule has 0 bridgehead atoms. The van der Waals surface area contributed by atoms with Crippen molar-refractivity contribution in [2.75, 3.05) is 24.8 Å². The maximum absolute atomic E-state index is 11.8. The van der Waals surface area contributed by atoms with Crippen LogP contribution in [0.1, 0.15) is 20.8 Å². The van der Waals surface area contributed by atoms with Crippen molar-refractivity contribution >= 4 is 17.5 Å². The minimum Gasteiger partial charge on any atom is -0.490 e. The number of ether oxygens (including phenoxy) is 1. The molecule has 1 aromatic rings. The monoisotopic (exact) mass is 267 g/mol. The van der Waals surface area contributed by atoms with Crippen LogP contribution in [0.4, 0.5) is 11.6 Å². The number of rotatable bonds is 6. The zero-order valence-electron chi connectivity index (χ0n) is 11.9. The molecule has 1 aromatic heterocycles. The van der Waals surface area contributed by atoms with Gasteiger partial charge in [0.05, 0.1) is 7.11 Å². The third-order valence-electron chi connectivity index (χ3n) is 2.42. The Kier molecular flexibility index (Phi) is 5.35. The zero-order valence-corrected chi connectivity index (χ0v) is 11.9. The van der Waals surface area contributed by atoms with Crippen molar-refractivity contribution in [2.24, 2.45) is 0 Å². The van der Waals surface area contributed by atoms with Gasteiger partial charge >= 0.3 is 0 Å². The SMILES string of the molecule is CNc1ncnc(NC(C)C(=O)NC(C)C)c1OC. The van der Waals surface area contributed by atoms with Gasteiger partial charge in [-0.3, -0.25) is 4.79 Å². The molecular formula is C12H21N5O2. The fourth-order valence-corrected chi connectivity index (χ4v) is 1.53. The predicted molar refractivity (Wildman–Crippen MR) is 74.5 cm³/mol. The van der Waals surface area contributed by atoms with E-state index in [-0.39, 0.29) is 11.9 Å². The first-order chi connectivity index (χ1) is 8.99. The van der Waals surface area contributed by atoms with Crippen LogP contribution in [-0.2, 0) is 4.79 Å². The third-order valence-corrected chi connectivity index (χ3v) is 2.42. The zero-order chi connectivity index (χ0) is 14.4. The topological polar surface area (TPSA) is 88.2 Å². The number of carbonyl (C=O) groups is 1. The molecule has 0 aromatic carbocycles. The minimum atomic E-state index is -0.420. The van der Waals surface area contributed by atoms with Crippen LogP contribution in [0.5, 0.6) is 5.75 Å². The molecule has 1 heterocycles. The highest BCUT2D eigenvalue weighted by Crippen LogP contribution is 2.28. The Morgan fingerprint density at radius 3 is 2.42 bits per heavy atom. The molecule has 1 rings (SSSR count). The summed E-state index contributed by atoms with van der Waals surface area (Å²) in [5.74, 6) is 1.43. The number of methoxy groups -OCH3 is 1. The Bertz CT molecular complexity index is 436. The third kappa shape index (κ3) is 3.97. The summed E-state index contributed by atoms with van der Waals surface area (Å²) < 4.78 is 5.25. The molecule has 0 fully saturated rings. The number of hydrogen-bond donors (Lipinski definition) is 3. The van der Waals surface area contributed by atoms with E-state index in [1.165, 1.54) is 13.4 Å². The van der Waals surface area contributed by atoms with Gasteiger partial charge in [0, 0.05) is 13.1 Å². The highest BCUT2D eigenvalue weighted by molar-refractivity contribution is 5.84. The molecule has 0 aliphatic heterocycles. The fraction of sp³-hybridized carbons (Fsp3) is 0.583. The number of nitrogens with zero attached hydrogens (tertiary/aromatic N) is 2. The predicted octanol–water partition coefficient (Wildman–Crippen LogP) is 0.852. The molecule has 0 radical (unpaired) electrons. The molecule has 0 spiro atoms. The van der Waals surface area contributed by atoms with Gasteiger partial charge in [-0.05, 0) is 20.8 Å². The van der Waals surface area contributed by atoms with Gasteiger partial charge in [0.25, 0.3) is 0 Å². The van der Waals surface area contributed by atoms with E-state index in [1.54, 1.807) is 14.0 Å². The van der Waals surface area contributed by atoms with Crippen molar-refractivity contribution in [3.05, 3.63) is 6.33 Å². The molecule has 7 nitrogen and oxygen atoms in total. The summed E-state index contributed by atoms with van der Waals surface area (Å²) >= 11 is 0. The van der Waals surface area contributed by atoms with Crippen LogP contribution in [-0.4, -0.2) is 42.1 Å². The van der Waals surface area contributed by atoms with Gasteiger partial charge in [-0.25, -0.2) is 9.97 Å². The second-order valence-corrected chi connectivity index (χ2v) is 4.38. The van der Waals surface area contributed by atoms with Gasteiger partial charge in [-0.15, -0.1) is 0 Å². The standard InChI is InChI=1S/C12H21N5O2/c1-7(2)16-12(18)8(3)17-11-9(19-5)10(13-4)14-6-15-11/h6-8H,1-5H3,(H,16,18)(H2,13,14,15,17). The lowest BCUT2D eigenvalue weighted by molar-refractivity contribution is -0.122. The molecule has 7 heteroatoms. The number of amides is 1. The summed E-state index contributed by atoms with van der Waals surface area (Å²) in [6.45, 7) is 5.59. The van der Waals surface area contributed by atoms with Crippen molar-refractivity contribution in [3.8, 4) is 5.75 Å². The molecule has 1 unspecified atom stereocenters. The Balaban J connectivity index is 2.84. The first-order valence-electron chi connectivity index (χ1n) is 6.13. The number of hydrogen-bond acceptors (Lipinski definition) is 6. The summed E-state index contributed by atoms with van der Waals surface area (Å²) in [5, 5.41) is 8.75. The average molecular weight is 267 g/mol. The minimum absolute atomic E-state index is 0.0944. The van der Waals surface area contributed by atoms with E-state index in [9.17, 15) is 4.79 Å². The fourth-order valence-electron chi connectivity index (χ4n) is 1.53. The second kappa shape index (κ2) is 6.77. The second-order valence-electron chi connectivity index (χ2n) is 4.38. The van der Waals surface area contributed by atoms with Crippen LogP contribution in [0.2, 0.25) is 0 Å². The molecule has 0 aliphatic carbocycles. The lowest BCUT2D eigenvalue weighted by atomic mass is 10.2. The van der Waals surface area contributed by atoms with Gasteiger partial charge in [0.1, 0.15) is 12.4 Å². The summed E-state index contributed by atoms with van der Waals surface area (Å²) in [4.78, 5) is 20.0. The summed E-state index contributed by atoms with van der Waals surface area (Å²) in [5.41, 5.74) is 0. The van der Waals surface area contributed by atoms with Crippen LogP contribution in [0.3, 0.4) is 0 Å². The van der Waals surface area contributed by atoms with Crippen LogP contribution >= 0.6 is 0 Å². The highest BCUT2D eigenvalue weighted by Gasteiger charge is 2.18. The molecule has 3 N–H and O–H groups in total. The van der Waals surface area contributed by atoms with E-state index < -0.39 is 6.04 Å². The summed E-state index contributed by atoms with van der Waals surface area (Å²) in [7, 11) is 3.27. The lowest BCUT2D eigenvalue weighted by Gasteiger charge is -2.18. The largest absolute Gasteiger partial charge is 0.490 e. The quantitative estimate of drug-likeness (QED) is 0.708. The van der Waals surface area contributed by atoms with Crippen molar-refractivity contribution < 1.29 is 9.53 Å². The Morgan fingerprint density at radius 2 is 1.89 bits per heavy atom. The Labute approximate surface area is 113 Å². The average Bonchev–Trinajstić information content (AvgIpc) is 2.37. The molecule has 1 amide bonds. The Morgan fingerprint density at radius 1 is 1.26 bits per heavy atom. The number of aromatic nitrogens is 2. The van der Waals surface area contributed by atoms with Crippen molar-refractivity contribution in [1.82, 2.24) is 15.3 Å². The first kappa shape index (κ1) is 15.0. The van der Waals surface area contributed by atoms with E-state index in [0.717, 1.165) is 0 Å². The van der Waals surface area contributed by atoms with Gasteiger partial charge in [-0.2, -0.15) is 0 Å². The number of anilines is 2. The highest BCUT2D eigenvalue weighted by atomic mass is 16.5. The smallest absolute Gasteiger partial charge is 0.242 e. The first-order valence-corrected chi connectivity index (χ1v) is 6.13. The van der Waals surface area contributed by atoms with Crippen molar-refractivity contribution in [3.63, 3.8) is 0 Å². The molecule has 19 heavy (non-hydrogen) atoms. The molecule has 106 valence electrons. The lowest BCUT2D eigenvalue weighted by Crippen LogP contribution is -2.41. The van der Waals surface area contributed by atoms with Crippen molar-refractivity contribution in [2.45, 2.75) is 32.9 Å². The summed E-state index contributed by atoms with van der Waals surface area (Å²) in [6, 6.07) is -0.326. The van der Waals surface area contributed by atoms with Crippen LogP contribution in [0.15, 0.2) is 6.33 Å². The Hall–Kier alpha value is -2.05. The van der Waals surface area contributed by atoms with Crippen LogP contribution in [0.25, 0.3) is 0 Å². The van der Waals surface area contributed by atoms with E-state index >= 15 is 0 Å². The van der Waals surface area contributed by atoms with Crippen molar-refractivity contribution in [1.29, 1.82) is 0 Å². The maximum atomic E-state index is 11.8. The van der Waals surface area contributed by atoms with E-state index in [2.05, 4.69) is 25.9 Å². The molecule has 0 aliphatic rings. The van der Waals surface area contributed by atoms with E-state index in [4.69, 9.17) is 4.74 Å². The number of nitrogens with one attached hydrogen (secondary N) is 3. The summed E-state index contributed by atoms with van der Waals surface area (Å²) in [6.07, 6.45) is 1.41. The van der Waals surface area contributed by atoms with E-state index in [0.29, 0.717) is 17.4 Å².